The average Bonchev–Trinajstić information content (AvgIpc) is 2.39. The lowest BCUT2D eigenvalue weighted by Gasteiger charge is -2.43. The highest BCUT2D eigenvalue weighted by Gasteiger charge is 2.36. The molecule has 2 N–H and O–H groups in total. The second kappa shape index (κ2) is 6.07. The minimum Gasteiger partial charge on any atom is -0.321 e. The van der Waals surface area contributed by atoms with Crippen molar-refractivity contribution in [2.75, 3.05) is 13.1 Å². The predicted octanol–water partition coefficient (Wildman–Crippen LogP) is 1.99. The first-order valence-electron chi connectivity index (χ1n) is 6.36. The molecule has 4 nitrogen and oxygen atoms in total. The maximum Gasteiger partial charge on any atom is 0.0772 e. The van der Waals surface area contributed by atoms with Crippen LogP contribution < -0.4 is 5.73 Å². The van der Waals surface area contributed by atoms with Crippen molar-refractivity contribution in [3.8, 4) is 0 Å². The van der Waals surface area contributed by atoms with Crippen molar-refractivity contribution >= 4 is 0 Å². The Kier molecular flexibility index (Phi) is 5.02. The van der Waals surface area contributed by atoms with Crippen LogP contribution >= 0.6 is 0 Å². The molecule has 0 aliphatic carbocycles. The van der Waals surface area contributed by atoms with Gasteiger partial charge in [-0.25, -0.2) is 0 Å². The highest BCUT2D eigenvalue weighted by Crippen LogP contribution is 2.30. The van der Waals surface area contributed by atoms with Crippen LogP contribution in [0.25, 0.3) is 0 Å². The van der Waals surface area contributed by atoms with E-state index in [0.29, 0.717) is 0 Å². The van der Waals surface area contributed by atoms with Crippen molar-refractivity contribution in [3.05, 3.63) is 24.3 Å². The molecular formula is C13H24N4. The van der Waals surface area contributed by atoms with E-state index in [1.54, 1.807) is 18.6 Å². The maximum atomic E-state index is 6.39. The zero-order valence-corrected chi connectivity index (χ0v) is 11.3. The molecule has 1 rings (SSSR count). The van der Waals surface area contributed by atoms with Crippen molar-refractivity contribution < 1.29 is 0 Å². The van der Waals surface area contributed by atoms with Gasteiger partial charge in [-0.15, -0.1) is 0 Å². The van der Waals surface area contributed by atoms with Crippen LogP contribution in [0.15, 0.2) is 18.6 Å². The van der Waals surface area contributed by atoms with Crippen LogP contribution in [0.1, 0.15) is 45.9 Å². The number of nitrogens with two attached hydrogens (primary N) is 1. The first-order chi connectivity index (χ1) is 8.10. The van der Waals surface area contributed by atoms with Gasteiger partial charge in [-0.3, -0.25) is 14.9 Å². The summed E-state index contributed by atoms with van der Waals surface area (Å²) in [6.07, 6.45) is 6.14. The van der Waals surface area contributed by atoms with Gasteiger partial charge in [0.1, 0.15) is 0 Å². The molecule has 2 atom stereocenters. The highest BCUT2D eigenvalue weighted by atomic mass is 15.2. The molecule has 0 amide bonds. The molecule has 0 aliphatic heterocycles. The van der Waals surface area contributed by atoms with E-state index in [1.807, 2.05) is 0 Å². The first-order valence-corrected chi connectivity index (χ1v) is 6.36. The van der Waals surface area contributed by atoms with Gasteiger partial charge in [-0.05, 0) is 26.4 Å². The van der Waals surface area contributed by atoms with Gasteiger partial charge in [0.2, 0.25) is 0 Å². The van der Waals surface area contributed by atoms with Crippen LogP contribution in [-0.2, 0) is 0 Å². The summed E-state index contributed by atoms with van der Waals surface area (Å²) in [6, 6.07) is -0.110. The van der Waals surface area contributed by atoms with E-state index in [1.165, 1.54) is 0 Å². The third-order valence-corrected chi connectivity index (χ3v) is 3.77. The van der Waals surface area contributed by atoms with E-state index < -0.39 is 0 Å². The summed E-state index contributed by atoms with van der Waals surface area (Å²) >= 11 is 0. The van der Waals surface area contributed by atoms with Crippen molar-refractivity contribution in [2.45, 2.75) is 45.7 Å². The number of likely N-dealkylation sites (N-methyl/N-ethyl adjacent to an activating group) is 1. The lowest BCUT2D eigenvalue weighted by molar-refractivity contribution is 0.0829. The molecule has 96 valence electrons. The summed E-state index contributed by atoms with van der Waals surface area (Å²) < 4.78 is 0. The second-order valence-electron chi connectivity index (χ2n) is 4.49. The molecule has 4 heteroatoms. The number of hydrogen-bond donors (Lipinski definition) is 1. The summed E-state index contributed by atoms with van der Waals surface area (Å²) in [5.74, 6) is 0. The summed E-state index contributed by atoms with van der Waals surface area (Å²) in [5, 5.41) is 0. The summed E-state index contributed by atoms with van der Waals surface area (Å²) in [6.45, 7) is 10.7. The largest absolute Gasteiger partial charge is 0.321 e. The van der Waals surface area contributed by atoms with E-state index in [4.69, 9.17) is 5.73 Å². The third-order valence-electron chi connectivity index (χ3n) is 3.77. The number of rotatable bonds is 6. The highest BCUT2D eigenvalue weighted by molar-refractivity contribution is 5.10. The van der Waals surface area contributed by atoms with Crippen LogP contribution in [-0.4, -0.2) is 33.5 Å². The van der Waals surface area contributed by atoms with Gasteiger partial charge in [-0.1, -0.05) is 20.8 Å². The number of nitrogens with zero attached hydrogens (tertiary/aromatic N) is 3. The molecule has 0 bridgehead atoms. The molecule has 0 saturated carbocycles. The van der Waals surface area contributed by atoms with E-state index in [9.17, 15) is 0 Å². The lowest BCUT2D eigenvalue weighted by atomic mass is 9.86. The molecule has 1 aromatic rings. The minimum absolute atomic E-state index is 0.0699. The standard InChI is InChI=1S/C13H24N4/c1-5-13(4,17(6-2)7-3)12(14)11-10-15-8-9-16-11/h8-10,12H,5-7,14H2,1-4H3. The molecular weight excluding hydrogens is 212 g/mol. The van der Waals surface area contributed by atoms with Crippen molar-refractivity contribution in [1.29, 1.82) is 0 Å². The maximum absolute atomic E-state index is 6.39. The predicted molar refractivity (Wildman–Crippen MR) is 70.6 cm³/mol. The smallest absolute Gasteiger partial charge is 0.0772 e. The monoisotopic (exact) mass is 236 g/mol. The van der Waals surface area contributed by atoms with Gasteiger partial charge in [0.25, 0.3) is 0 Å². The Labute approximate surface area is 104 Å². The Hall–Kier alpha value is -1.00. The van der Waals surface area contributed by atoms with Crippen molar-refractivity contribution in [2.24, 2.45) is 5.73 Å². The first kappa shape index (κ1) is 14.1. The van der Waals surface area contributed by atoms with E-state index >= 15 is 0 Å². The minimum atomic E-state index is -0.110. The number of aromatic nitrogens is 2. The van der Waals surface area contributed by atoms with Gasteiger partial charge >= 0.3 is 0 Å². The zero-order valence-electron chi connectivity index (χ0n) is 11.3. The van der Waals surface area contributed by atoms with Gasteiger partial charge in [0, 0.05) is 17.9 Å². The van der Waals surface area contributed by atoms with Crippen LogP contribution in [0.4, 0.5) is 0 Å². The Morgan fingerprint density at radius 1 is 1.29 bits per heavy atom. The fraction of sp³-hybridized carbons (Fsp3) is 0.692. The van der Waals surface area contributed by atoms with Crippen LogP contribution in [0.2, 0.25) is 0 Å². The SMILES string of the molecule is CCN(CC)C(C)(CC)C(N)c1cnccn1. The molecule has 17 heavy (non-hydrogen) atoms. The second-order valence-corrected chi connectivity index (χ2v) is 4.49. The molecule has 2 unspecified atom stereocenters. The molecule has 0 radical (unpaired) electrons. The molecule has 1 aromatic heterocycles. The Morgan fingerprint density at radius 3 is 2.35 bits per heavy atom. The summed E-state index contributed by atoms with van der Waals surface area (Å²) in [5.41, 5.74) is 7.19. The Morgan fingerprint density at radius 2 is 1.94 bits per heavy atom. The normalized spacial score (nSPS) is 16.8. The van der Waals surface area contributed by atoms with Gasteiger partial charge in [-0.2, -0.15) is 0 Å². The fourth-order valence-electron chi connectivity index (χ4n) is 2.38. The average molecular weight is 236 g/mol. The quantitative estimate of drug-likeness (QED) is 0.820. The lowest BCUT2D eigenvalue weighted by Crippen LogP contribution is -2.53. The Balaban J connectivity index is 3.00. The van der Waals surface area contributed by atoms with E-state index in [0.717, 1.165) is 25.2 Å². The van der Waals surface area contributed by atoms with Crippen molar-refractivity contribution in [1.82, 2.24) is 14.9 Å². The zero-order chi connectivity index (χ0) is 12.9. The van der Waals surface area contributed by atoms with Crippen LogP contribution in [0, 0.1) is 0 Å². The molecule has 0 aromatic carbocycles. The van der Waals surface area contributed by atoms with Crippen LogP contribution in [0.3, 0.4) is 0 Å². The molecule has 0 saturated heterocycles. The van der Waals surface area contributed by atoms with Gasteiger partial charge in [0.15, 0.2) is 0 Å². The molecule has 0 aliphatic rings. The van der Waals surface area contributed by atoms with Gasteiger partial charge in [0.05, 0.1) is 17.9 Å². The molecule has 0 spiro atoms. The third kappa shape index (κ3) is 2.82. The summed E-state index contributed by atoms with van der Waals surface area (Å²) in [4.78, 5) is 10.8. The molecule has 1 heterocycles. The summed E-state index contributed by atoms with van der Waals surface area (Å²) in [7, 11) is 0. The fourth-order valence-corrected chi connectivity index (χ4v) is 2.38. The van der Waals surface area contributed by atoms with Gasteiger partial charge < -0.3 is 5.73 Å². The van der Waals surface area contributed by atoms with Crippen LogP contribution in [0.5, 0.6) is 0 Å². The van der Waals surface area contributed by atoms with E-state index in [-0.39, 0.29) is 11.6 Å². The topological polar surface area (TPSA) is 55.0 Å². The van der Waals surface area contributed by atoms with E-state index in [2.05, 4.69) is 42.6 Å². The Bertz CT molecular complexity index is 323. The molecule has 0 fully saturated rings. The number of hydrogen-bond acceptors (Lipinski definition) is 4. The van der Waals surface area contributed by atoms with Crippen molar-refractivity contribution in [3.63, 3.8) is 0 Å².